The molecule has 0 spiro atoms. The first kappa shape index (κ1) is 13.4. The summed E-state index contributed by atoms with van der Waals surface area (Å²) in [4.78, 5) is 4.06. The Hall–Kier alpha value is -0.690. The highest BCUT2D eigenvalue weighted by Gasteiger charge is 2.27. The molecule has 92 valence electrons. The zero-order valence-electron chi connectivity index (χ0n) is 8.87. The van der Waals surface area contributed by atoms with E-state index in [0.29, 0.717) is 13.0 Å². The predicted molar refractivity (Wildman–Crippen MR) is 58.1 cm³/mol. The number of alkyl halides is 3. The maximum Gasteiger partial charge on any atom is 0.441 e. The average Bonchev–Trinajstić information content (AvgIpc) is 2.49. The highest BCUT2D eigenvalue weighted by atomic mass is 32.2. The Kier molecular flexibility index (Phi) is 4.67. The van der Waals surface area contributed by atoms with Crippen LogP contribution in [0.15, 0.2) is 12.5 Å². The van der Waals surface area contributed by atoms with Crippen LogP contribution in [0.4, 0.5) is 13.2 Å². The first-order chi connectivity index (χ1) is 7.37. The van der Waals surface area contributed by atoms with Crippen LogP contribution in [0.3, 0.4) is 0 Å². The van der Waals surface area contributed by atoms with Crippen molar-refractivity contribution in [3.8, 4) is 0 Å². The Labute approximate surface area is 96.2 Å². The summed E-state index contributed by atoms with van der Waals surface area (Å²) in [6.07, 6.45) is 3.91. The van der Waals surface area contributed by atoms with Crippen molar-refractivity contribution in [3.63, 3.8) is 0 Å². The van der Waals surface area contributed by atoms with Crippen LogP contribution in [-0.4, -0.2) is 26.9 Å². The Balaban J connectivity index is 2.35. The highest BCUT2D eigenvalue weighted by molar-refractivity contribution is 8.00. The van der Waals surface area contributed by atoms with E-state index < -0.39 is 5.51 Å². The van der Waals surface area contributed by atoms with Gasteiger partial charge in [-0.3, -0.25) is 0 Å². The molecule has 0 fully saturated rings. The Morgan fingerprint density at radius 3 is 2.81 bits per heavy atom. The number of aryl methyl sites for hydroxylation is 1. The molecule has 0 aliphatic carbocycles. The van der Waals surface area contributed by atoms with Crippen LogP contribution in [0.5, 0.6) is 0 Å². The van der Waals surface area contributed by atoms with Crippen molar-refractivity contribution in [1.29, 1.82) is 0 Å². The van der Waals surface area contributed by atoms with E-state index in [1.807, 2.05) is 6.92 Å². The summed E-state index contributed by atoms with van der Waals surface area (Å²) in [5.41, 5.74) is 2.24. The number of halogens is 3. The minimum Gasteiger partial charge on any atom is -0.336 e. The van der Waals surface area contributed by atoms with E-state index in [4.69, 9.17) is 5.73 Å². The number of aromatic nitrogens is 2. The largest absolute Gasteiger partial charge is 0.441 e. The van der Waals surface area contributed by atoms with Gasteiger partial charge in [0, 0.05) is 31.0 Å². The van der Waals surface area contributed by atoms with Gasteiger partial charge in [0.2, 0.25) is 0 Å². The lowest BCUT2D eigenvalue weighted by Crippen LogP contribution is -2.17. The molecular weight excluding hydrogens is 239 g/mol. The van der Waals surface area contributed by atoms with Gasteiger partial charge in [0.1, 0.15) is 0 Å². The van der Waals surface area contributed by atoms with Gasteiger partial charge in [-0.1, -0.05) is 0 Å². The van der Waals surface area contributed by atoms with E-state index in [-0.39, 0.29) is 23.6 Å². The molecule has 16 heavy (non-hydrogen) atoms. The van der Waals surface area contributed by atoms with Gasteiger partial charge < -0.3 is 10.3 Å². The summed E-state index contributed by atoms with van der Waals surface area (Å²) >= 11 is -0.0217. The number of imidazole rings is 1. The standard InChI is InChI=1S/C9H14F3N3S/c1-7(13)4-8-5-15(6-14-8)2-3-16-9(10,11)12/h5-7H,2-4,13H2,1H3. The van der Waals surface area contributed by atoms with Crippen molar-refractivity contribution < 1.29 is 13.2 Å². The second-order valence-electron chi connectivity index (χ2n) is 3.58. The minimum atomic E-state index is -4.16. The third-order valence-corrected chi connectivity index (χ3v) is 2.55. The van der Waals surface area contributed by atoms with Gasteiger partial charge in [0.25, 0.3) is 0 Å². The van der Waals surface area contributed by atoms with Gasteiger partial charge >= 0.3 is 5.51 Å². The van der Waals surface area contributed by atoms with Gasteiger partial charge in [0.15, 0.2) is 0 Å². The SMILES string of the molecule is CC(N)Cc1cn(CCSC(F)(F)F)cn1. The lowest BCUT2D eigenvalue weighted by atomic mass is 10.2. The van der Waals surface area contributed by atoms with Crippen LogP contribution in [0.25, 0.3) is 0 Å². The molecule has 0 amide bonds. The first-order valence-electron chi connectivity index (χ1n) is 4.84. The Morgan fingerprint density at radius 2 is 2.25 bits per heavy atom. The molecule has 0 radical (unpaired) electrons. The lowest BCUT2D eigenvalue weighted by Gasteiger charge is -2.05. The van der Waals surface area contributed by atoms with Crippen molar-refractivity contribution in [3.05, 3.63) is 18.2 Å². The van der Waals surface area contributed by atoms with Gasteiger partial charge in [-0.2, -0.15) is 13.2 Å². The monoisotopic (exact) mass is 253 g/mol. The minimum absolute atomic E-state index is 0.00250. The number of nitrogens with zero attached hydrogens (tertiary/aromatic N) is 2. The molecule has 1 unspecified atom stereocenters. The molecule has 1 aromatic rings. The molecule has 1 aromatic heterocycles. The van der Waals surface area contributed by atoms with Crippen molar-refractivity contribution in [2.24, 2.45) is 5.73 Å². The molecule has 1 rings (SSSR count). The van der Waals surface area contributed by atoms with E-state index >= 15 is 0 Å². The summed E-state index contributed by atoms with van der Waals surface area (Å²) in [6, 6.07) is 0.00731. The summed E-state index contributed by atoms with van der Waals surface area (Å²) in [5, 5.41) is 0. The molecule has 0 saturated heterocycles. The second-order valence-corrected chi connectivity index (χ2v) is 4.74. The molecule has 2 N–H and O–H groups in total. The van der Waals surface area contributed by atoms with E-state index in [1.54, 1.807) is 10.8 Å². The number of nitrogens with two attached hydrogens (primary N) is 1. The van der Waals surface area contributed by atoms with Crippen LogP contribution in [0.2, 0.25) is 0 Å². The van der Waals surface area contributed by atoms with E-state index in [1.165, 1.54) is 6.33 Å². The summed E-state index contributed by atoms with van der Waals surface area (Å²) in [7, 11) is 0. The molecule has 7 heteroatoms. The van der Waals surface area contributed by atoms with Crippen LogP contribution in [0.1, 0.15) is 12.6 Å². The van der Waals surface area contributed by atoms with Gasteiger partial charge in [-0.15, -0.1) is 0 Å². The first-order valence-corrected chi connectivity index (χ1v) is 5.82. The smallest absolute Gasteiger partial charge is 0.336 e. The summed E-state index contributed by atoms with van der Waals surface area (Å²) < 4.78 is 37.2. The molecule has 0 aliphatic heterocycles. The van der Waals surface area contributed by atoms with Crippen molar-refractivity contribution in [2.45, 2.75) is 31.4 Å². The van der Waals surface area contributed by atoms with E-state index in [0.717, 1.165) is 5.69 Å². The highest BCUT2D eigenvalue weighted by Crippen LogP contribution is 2.29. The molecule has 3 nitrogen and oxygen atoms in total. The molecule has 0 bridgehead atoms. The van der Waals surface area contributed by atoms with Crippen LogP contribution in [-0.2, 0) is 13.0 Å². The van der Waals surface area contributed by atoms with Crippen molar-refractivity contribution in [1.82, 2.24) is 9.55 Å². The molecule has 1 atom stereocenters. The molecule has 0 aliphatic rings. The molecule has 0 aromatic carbocycles. The van der Waals surface area contributed by atoms with Crippen molar-refractivity contribution in [2.75, 3.05) is 5.75 Å². The van der Waals surface area contributed by atoms with Crippen LogP contribution >= 0.6 is 11.8 Å². The second kappa shape index (κ2) is 5.58. The maximum atomic E-state index is 11.9. The topological polar surface area (TPSA) is 43.8 Å². The molecular formula is C9H14F3N3S. The zero-order chi connectivity index (χ0) is 12.2. The molecule has 0 saturated carbocycles. The van der Waals surface area contributed by atoms with E-state index in [2.05, 4.69) is 4.98 Å². The average molecular weight is 253 g/mol. The third kappa shape index (κ3) is 5.41. The number of thioether (sulfide) groups is 1. The Bertz CT molecular complexity index is 322. The number of hydrogen-bond acceptors (Lipinski definition) is 3. The van der Waals surface area contributed by atoms with Gasteiger partial charge in [-0.25, -0.2) is 4.98 Å². The number of hydrogen-bond donors (Lipinski definition) is 1. The fourth-order valence-electron chi connectivity index (χ4n) is 1.23. The summed E-state index contributed by atoms with van der Waals surface area (Å²) in [6.45, 7) is 2.16. The fourth-order valence-corrected chi connectivity index (χ4v) is 1.76. The Morgan fingerprint density at radius 1 is 1.56 bits per heavy atom. The maximum absolute atomic E-state index is 11.9. The quantitative estimate of drug-likeness (QED) is 0.873. The van der Waals surface area contributed by atoms with E-state index in [9.17, 15) is 13.2 Å². The van der Waals surface area contributed by atoms with Crippen LogP contribution < -0.4 is 5.73 Å². The van der Waals surface area contributed by atoms with Gasteiger partial charge in [-0.05, 0) is 18.7 Å². The third-order valence-electron chi connectivity index (χ3n) is 1.83. The van der Waals surface area contributed by atoms with Crippen molar-refractivity contribution >= 4 is 11.8 Å². The van der Waals surface area contributed by atoms with Crippen LogP contribution in [0, 0.1) is 0 Å². The predicted octanol–water partition coefficient (Wildman–Crippen LogP) is 2.03. The van der Waals surface area contributed by atoms with Gasteiger partial charge in [0.05, 0.1) is 12.0 Å². The normalized spacial score (nSPS) is 14.1. The molecule has 1 heterocycles. The summed E-state index contributed by atoms with van der Waals surface area (Å²) in [5.74, 6) is -0.00250. The zero-order valence-corrected chi connectivity index (χ0v) is 9.68. The lowest BCUT2D eigenvalue weighted by molar-refractivity contribution is -0.0328. The number of rotatable bonds is 5. The fraction of sp³-hybridized carbons (Fsp3) is 0.667.